The molecule has 3 rings (SSSR count). The second-order valence-corrected chi connectivity index (χ2v) is 8.82. The third-order valence-electron chi connectivity index (χ3n) is 5.01. The first-order valence-electron chi connectivity index (χ1n) is 10.5. The van der Waals surface area contributed by atoms with E-state index in [0.717, 1.165) is 5.75 Å². The molecular formula is C24H29N3O4S. The van der Waals surface area contributed by atoms with E-state index in [9.17, 15) is 9.59 Å². The van der Waals surface area contributed by atoms with Gasteiger partial charge < -0.3 is 14.8 Å². The van der Waals surface area contributed by atoms with E-state index < -0.39 is 5.25 Å². The number of carbonyl (C=O) groups excluding carboxylic acids is 1. The molecule has 0 radical (unpaired) electrons. The molecule has 1 amide bonds. The summed E-state index contributed by atoms with van der Waals surface area (Å²) in [5.41, 5.74) is 1.21. The first-order valence-corrected chi connectivity index (χ1v) is 11.4. The molecule has 0 bridgehead atoms. The van der Waals surface area contributed by atoms with Crippen molar-refractivity contribution in [1.82, 2.24) is 9.55 Å². The lowest BCUT2D eigenvalue weighted by molar-refractivity contribution is -0.116. The second kappa shape index (κ2) is 11.2. The third kappa shape index (κ3) is 5.69. The summed E-state index contributed by atoms with van der Waals surface area (Å²) in [7, 11) is 3.23. The Bertz CT molecular complexity index is 1110. The standard InChI is InChI=1S/C24H29N3O4S/c1-16(2)21(22(28)25-17-10-12-18(31-4)13-11-17)32-24-26-20-9-6-5-8-19(20)23(29)27(24)14-7-15-30-3/h5-6,8-13,16,21H,7,14-15H2,1-4H3,(H,25,28). The van der Waals surface area contributed by atoms with E-state index in [0.29, 0.717) is 41.3 Å². The normalized spacial score (nSPS) is 12.2. The second-order valence-electron chi connectivity index (χ2n) is 7.71. The van der Waals surface area contributed by atoms with Crippen LogP contribution in [0.25, 0.3) is 10.9 Å². The summed E-state index contributed by atoms with van der Waals surface area (Å²) in [4.78, 5) is 31.0. The van der Waals surface area contributed by atoms with Crippen LogP contribution in [0.1, 0.15) is 20.3 Å². The number of ether oxygens (including phenoxy) is 2. The molecule has 1 heterocycles. The molecule has 0 fully saturated rings. The van der Waals surface area contributed by atoms with E-state index in [2.05, 4.69) is 5.32 Å². The highest BCUT2D eigenvalue weighted by molar-refractivity contribution is 8.00. The molecular weight excluding hydrogens is 426 g/mol. The smallest absolute Gasteiger partial charge is 0.262 e. The molecule has 170 valence electrons. The lowest BCUT2D eigenvalue weighted by atomic mass is 10.1. The first-order chi connectivity index (χ1) is 15.4. The molecule has 0 aliphatic heterocycles. The molecule has 0 saturated heterocycles. The van der Waals surface area contributed by atoms with Gasteiger partial charge in [-0.15, -0.1) is 0 Å². The summed E-state index contributed by atoms with van der Waals surface area (Å²) in [6.07, 6.45) is 0.675. The summed E-state index contributed by atoms with van der Waals surface area (Å²) in [6.45, 7) is 4.98. The molecule has 7 nitrogen and oxygen atoms in total. The van der Waals surface area contributed by atoms with E-state index in [-0.39, 0.29) is 17.4 Å². The summed E-state index contributed by atoms with van der Waals surface area (Å²) in [6, 6.07) is 14.5. The van der Waals surface area contributed by atoms with Crippen molar-refractivity contribution in [2.45, 2.75) is 37.2 Å². The Morgan fingerprint density at radius 2 is 1.84 bits per heavy atom. The molecule has 3 aromatic rings. The van der Waals surface area contributed by atoms with Crippen LogP contribution in [0, 0.1) is 5.92 Å². The highest BCUT2D eigenvalue weighted by Gasteiger charge is 2.26. The van der Waals surface area contributed by atoms with Gasteiger partial charge in [0.1, 0.15) is 5.75 Å². The van der Waals surface area contributed by atoms with Crippen molar-refractivity contribution in [1.29, 1.82) is 0 Å². The number of anilines is 1. The van der Waals surface area contributed by atoms with Gasteiger partial charge >= 0.3 is 0 Å². The number of para-hydroxylation sites is 1. The van der Waals surface area contributed by atoms with Crippen molar-refractivity contribution in [3.63, 3.8) is 0 Å². The zero-order valence-electron chi connectivity index (χ0n) is 18.8. The predicted octanol–water partition coefficient (Wildman–Crippen LogP) is 4.20. The molecule has 8 heteroatoms. The maximum absolute atomic E-state index is 13.2. The van der Waals surface area contributed by atoms with Crippen LogP contribution in [0.4, 0.5) is 5.69 Å². The van der Waals surface area contributed by atoms with Crippen molar-refractivity contribution >= 4 is 34.3 Å². The average molecular weight is 456 g/mol. The van der Waals surface area contributed by atoms with Crippen molar-refractivity contribution in [2.24, 2.45) is 5.92 Å². The Hall–Kier alpha value is -2.84. The highest BCUT2D eigenvalue weighted by atomic mass is 32.2. The largest absolute Gasteiger partial charge is 0.497 e. The molecule has 1 N–H and O–H groups in total. The van der Waals surface area contributed by atoms with E-state index in [1.54, 1.807) is 49.1 Å². The first kappa shape index (κ1) is 23.8. The number of thioether (sulfide) groups is 1. The highest BCUT2D eigenvalue weighted by Crippen LogP contribution is 2.29. The van der Waals surface area contributed by atoms with E-state index in [4.69, 9.17) is 14.5 Å². The molecule has 0 saturated carbocycles. The van der Waals surface area contributed by atoms with Gasteiger partial charge in [0.2, 0.25) is 5.91 Å². The molecule has 1 unspecified atom stereocenters. The van der Waals surface area contributed by atoms with Gasteiger partial charge in [0.05, 0.1) is 23.3 Å². The summed E-state index contributed by atoms with van der Waals surface area (Å²) in [5.74, 6) is 0.605. The number of hydrogen-bond acceptors (Lipinski definition) is 6. The minimum atomic E-state index is -0.432. The lowest BCUT2D eigenvalue weighted by Gasteiger charge is -2.21. The number of rotatable bonds is 10. The fourth-order valence-corrected chi connectivity index (χ4v) is 4.41. The van der Waals surface area contributed by atoms with Gasteiger partial charge in [0, 0.05) is 25.9 Å². The van der Waals surface area contributed by atoms with Crippen molar-refractivity contribution in [3.8, 4) is 5.75 Å². The number of benzene rings is 2. The molecule has 0 aliphatic carbocycles. The summed E-state index contributed by atoms with van der Waals surface area (Å²) >= 11 is 1.32. The maximum atomic E-state index is 13.2. The molecule has 0 aliphatic rings. The van der Waals surface area contributed by atoms with Gasteiger partial charge in [0.25, 0.3) is 5.56 Å². The van der Waals surface area contributed by atoms with Crippen LogP contribution in [-0.2, 0) is 16.1 Å². The van der Waals surface area contributed by atoms with Gasteiger partial charge in [-0.25, -0.2) is 4.98 Å². The van der Waals surface area contributed by atoms with E-state index >= 15 is 0 Å². The number of nitrogens with zero attached hydrogens (tertiary/aromatic N) is 2. The number of amides is 1. The number of carbonyl (C=O) groups is 1. The van der Waals surface area contributed by atoms with Crippen LogP contribution < -0.4 is 15.6 Å². The zero-order chi connectivity index (χ0) is 23.1. The van der Waals surface area contributed by atoms with Gasteiger partial charge in [-0.3, -0.25) is 14.2 Å². The molecule has 0 spiro atoms. The lowest BCUT2D eigenvalue weighted by Crippen LogP contribution is -2.31. The molecule has 2 aromatic carbocycles. The minimum Gasteiger partial charge on any atom is -0.497 e. The zero-order valence-corrected chi connectivity index (χ0v) is 19.6. The van der Waals surface area contributed by atoms with Gasteiger partial charge in [-0.1, -0.05) is 37.7 Å². The molecule has 32 heavy (non-hydrogen) atoms. The maximum Gasteiger partial charge on any atom is 0.262 e. The van der Waals surface area contributed by atoms with E-state index in [1.807, 2.05) is 32.0 Å². The summed E-state index contributed by atoms with van der Waals surface area (Å²) < 4.78 is 12.0. The van der Waals surface area contributed by atoms with Crippen molar-refractivity contribution in [2.75, 3.05) is 26.1 Å². The van der Waals surface area contributed by atoms with Gasteiger partial charge in [0.15, 0.2) is 5.16 Å². The average Bonchev–Trinajstić information content (AvgIpc) is 2.79. The van der Waals surface area contributed by atoms with Crippen LogP contribution in [-0.4, -0.2) is 41.5 Å². The van der Waals surface area contributed by atoms with Crippen molar-refractivity contribution in [3.05, 3.63) is 58.9 Å². The molecule has 1 aromatic heterocycles. The Kier molecular flexibility index (Phi) is 8.30. The van der Waals surface area contributed by atoms with E-state index in [1.165, 1.54) is 11.8 Å². The van der Waals surface area contributed by atoms with Crippen LogP contribution >= 0.6 is 11.8 Å². The van der Waals surface area contributed by atoms with Crippen LogP contribution in [0.5, 0.6) is 5.75 Å². The van der Waals surface area contributed by atoms with Gasteiger partial charge in [-0.2, -0.15) is 0 Å². The Labute approximate surface area is 192 Å². The Balaban J connectivity index is 1.91. The Morgan fingerprint density at radius 3 is 2.50 bits per heavy atom. The summed E-state index contributed by atoms with van der Waals surface area (Å²) in [5, 5.41) is 3.64. The third-order valence-corrected chi connectivity index (χ3v) is 6.55. The van der Waals surface area contributed by atoms with Crippen molar-refractivity contribution < 1.29 is 14.3 Å². The topological polar surface area (TPSA) is 82.4 Å². The van der Waals surface area contributed by atoms with Gasteiger partial charge in [-0.05, 0) is 48.7 Å². The Morgan fingerprint density at radius 1 is 1.12 bits per heavy atom. The molecule has 1 atom stereocenters. The fraction of sp³-hybridized carbons (Fsp3) is 0.375. The van der Waals surface area contributed by atoms with Crippen LogP contribution in [0.2, 0.25) is 0 Å². The van der Waals surface area contributed by atoms with Crippen LogP contribution in [0.15, 0.2) is 58.5 Å². The van der Waals surface area contributed by atoms with Crippen LogP contribution in [0.3, 0.4) is 0 Å². The fourth-order valence-electron chi connectivity index (χ4n) is 3.30. The number of fused-ring (bicyclic) bond motifs is 1. The SMILES string of the molecule is COCCCn1c(SC(C(=O)Nc2ccc(OC)cc2)C(C)C)nc2ccccc2c1=O. The number of nitrogens with one attached hydrogen (secondary N) is 1. The predicted molar refractivity (Wildman–Crippen MR) is 129 cm³/mol. The monoisotopic (exact) mass is 455 g/mol. The number of hydrogen-bond donors (Lipinski definition) is 1. The number of aromatic nitrogens is 2. The minimum absolute atomic E-state index is 0.0223. The number of methoxy groups -OCH3 is 2. The quantitative estimate of drug-likeness (QED) is 0.280.